The molecular formula is C34H23N3. The zero-order valence-electron chi connectivity index (χ0n) is 20.1. The molecule has 7 rings (SSSR count). The molecule has 0 aliphatic heterocycles. The number of aromatic nitrogens is 2. The smallest absolute Gasteiger partial charge is 0.137 e. The predicted octanol–water partition coefficient (Wildman–Crippen LogP) is 9.07. The van der Waals surface area contributed by atoms with Crippen molar-refractivity contribution in [2.75, 3.05) is 4.90 Å². The molecule has 0 aliphatic rings. The Labute approximate surface area is 215 Å². The molecule has 0 fully saturated rings. The zero-order valence-corrected chi connectivity index (χ0v) is 20.1. The van der Waals surface area contributed by atoms with Crippen molar-refractivity contribution in [1.29, 1.82) is 0 Å². The van der Waals surface area contributed by atoms with Crippen LogP contribution in [0.15, 0.2) is 140 Å². The van der Waals surface area contributed by atoms with E-state index >= 15 is 0 Å². The molecule has 0 bridgehead atoms. The molecule has 0 aliphatic carbocycles. The molecule has 0 saturated carbocycles. The second kappa shape index (κ2) is 8.89. The summed E-state index contributed by atoms with van der Waals surface area (Å²) in [6.07, 6.45) is 3.72. The van der Waals surface area contributed by atoms with Gasteiger partial charge in [0.25, 0.3) is 0 Å². The molecule has 37 heavy (non-hydrogen) atoms. The van der Waals surface area contributed by atoms with E-state index in [2.05, 4.69) is 114 Å². The summed E-state index contributed by atoms with van der Waals surface area (Å²) < 4.78 is 0. The van der Waals surface area contributed by atoms with Gasteiger partial charge in [-0.25, -0.2) is 4.98 Å². The highest BCUT2D eigenvalue weighted by Crippen LogP contribution is 2.47. The first kappa shape index (κ1) is 21.3. The van der Waals surface area contributed by atoms with E-state index in [0.717, 1.165) is 50.0 Å². The second-order valence-corrected chi connectivity index (χ2v) is 9.08. The fourth-order valence-corrected chi connectivity index (χ4v) is 5.31. The topological polar surface area (TPSA) is 29.0 Å². The molecule has 0 saturated heterocycles. The van der Waals surface area contributed by atoms with Crippen LogP contribution >= 0.6 is 0 Å². The highest BCUT2D eigenvalue weighted by Gasteiger charge is 2.22. The summed E-state index contributed by atoms with van der Waals surface area (Å²) in [6, 6.07) is 44.5. The van der Waals surface area contributed by atoms with Crippen molar-refractivity contribution in [2.45, 2.75) is 0 Å². The Morgan fingerprint density at radius 3 is 1.70 bits per heavy atom. The third kappa shape index (κ3) is 3.60. The average molecular weight is 474 g/mol. The molecule has 0 unspecified atom stereocenters. The largest absolute Gasteiger partial charge is 0.294 e. The van der Waals surface area contributed by atoms with Gasteiger partial charge >= 0.3 is 0 Å². The van der Waals surface area contributed by atoms with Crippen molar-refractivity contribution in [3.8, 4) is 11.3 Å². The molecule has 5 aromatic carbocycles. The Hall–Kier alpha value is -5.02. The maximum Gasteiger partial charge on any atom is 0.137 e. The third-order valence-electron chi connectivity index (χ3n) is 6.92. The molecule has 0 atom stereocenters. The second-order valence-electron chi connectivity index (χ2n) is 9.08. The first-order chi connectivity index (χ1) is 18.4. The van der Waals surface area contributed by atoms with Crippen LogP contribution in [0.2, 0.25) is 0 Å². The fraction of sp³-hybridized carbons (Fsp3) is 0. The van der Waals surface area contributed by atoms with E-state index in [-0.39, 0.29) is 0 Å². The SMILES string of the molecule is c1ccc(-c2c3ccccc3c(N(c3ccc4ccccc4c3)c3ccccn3)c3ccccc23)nc1. The van der Waals surface area contributed by atoms with Crippen LogP contribution in [0.4, 0.5) is 17.2 Å². The molecule has 7 aromatic rings. The van der Waals surface area contributed by atoms with Crippen LogP contribution in [0, 0.1) is 0 Å². The van der Waals surface area contributed by atoms with E-state index in [0.29, 0.717) is 0 Å². The van der Waals surface area contributed by atoms with Gasteiger partial charge in [-0.05, 0) is 57.9 Å². The summed E-state index contributed by atoms with van der Waals surface area (Å²) in [4.78, 5) is 11.9. The molecule has 2 aromatic heterocycles. The van der Waals surface area contributed by atoms with E-state index in [9.17, 15) is 0 Å². The lowest BCUT2D eigenvalue weighted by Crippen LogP contribution is -2.13. The molecule has 0 spiro atoms. The molecule has 0 amide bonds. The zero-order chi connectivity index (χ0) is 24.6. The Morgan fingerprint density at radius 2 is 1.05 bits per heavy atom. The van der Waals surface area contributed by atoms with Gasteiger partial charge in [0.05, 0.1) is 11.4 Å². The number of rotatable bonds is 4. The van der Waals surface area contributed by atoms with E-state index in [1.54, 1.807) is 0 Å². The minimum atomic E-state index is 0.874. The van der Waals surface area contributed by atoms with Crippen molar-refractivity contribution in [3.05, 3.63) is 140 Å². The first-order valence-corrected chi connectivity index (χ1v) is 12.4. The standard InChI is InChI=1S/C34H23N3/c1-2-12-25-23-26(20-19-24(25)11-1)37(32-18-8-10-22-36-32)34-29-15-5-3-13-27(29)33(31-17-7-9-21-35-31)28-14-4-6-16-30(28)34/h1-23H. The molecule has 3 nitrogen and oxygen atoms in total. The van der Waals surface area contributed by atoms with Crippen LogP contribution in [-0.2, 0) is 0 Å². The Morgan fingerprint density at radius 1 is 0.459 bits per heavy atom. The molecule has 3 heteroatoms. The van der Waals surface area contributed by atoms with Gasteiger partial charge in [0.15, 0.2) is 0 Å². The van der Waals surface area contributed by atoms with Gasteiger partial charge in [0, 0.05) is 34.4 Å². The van der Waals surface area contributed by atoms with Crippen molar-refractivity contribution in [1.82, 2.24) is 9.97 Å². The van der Waals surface area contributed by atoms with Crippen molar-refractivity contribution in [3.63, 3.8) is 0 Å². The van der Waals surface area contributed by atoms with Gasteiger partial charge in [-0.3, -0.25) is 9.88 Å². The van der Waals surface area contributed by atoms with Crippen LogP contribution in [-0.4, -0.2) is 9.97 Å². The third-order valence-corrected chi connectivity index (χ3v) is 6.92. The lowest BCUT2D eigenvalue weighted by molar-refractivity contribution is 1.20. The van der Waals surface area contributed by atoms with E-state index in [1.165, 1.54) is 10.8 Å². The van der Waals surface area contributed by atoms with Crippen molar-refractivity contribution < 1.29 is 0 Å². The summed E-state index contributed by atoms with van der Waals surface area (Å²) in [5, 5.41) is 7.04. The fourth-order valence-electron chi connectivity index (χ4n) is 5.31. The monoisotopic (exact) mass is 473 g/mol. The van der Waals surface area contributed by atoms with Gasteiger partial charge in [-0.15, -0.1) is 0 Å². The number of benzene rings is 5. The number of hydrogen-bond donors (Lipinski definition) is 0. The average Bonchev–Trinajstić information content (AvgIpc) is 2.98. The predicted molar refractivity (Wildman–Crippen MR) is 155 cm³/mol. The highest BCUT2D eigenvalue weighted by atomic mass is 15.2. The molecular weight excluding hydrogens is 450 g/mol. The Bertz CT molecular complexity index is 1820. The summed E-state index contributed by atoms with van der Waals surface area (Å²) in [6.45, 7) is 0. The van der Waals surface area contributed by atoms with E-state index in [4.69, 9.17) is 9.97 Å². The lowest BCUT2D eigenvalue weighted by atomic mass is 9.92. The quantitative estimate of drug-likeness (QED) is 0.239. The minimum Gasteiger partial charge on any atom is -0.294 e. The Balaban J connectivity index is 1.62. The molecule has 174 valence electrons. The number of nitrogens with zero attached hydrogens (tertiary/aromatic N) is 3. The van der Waals surface area contributed by atoms with Crippen LogP contribution in [0.1, 0.15) is 0 Å². The van der Waals surface area contributed by atoms with Crippen LogP contribution in [0.5, 0.6) is 0 Å². The maximum absolute atomic E-state index is 4.82. The molecule has 0 N–H and O–H groups in total. The van der Waals surface area contributed by atoms with Gasteiger partial charge in [-0.1, -0.05) is 91.0 Å². The minimum absolute atomic E-state index is 0.874. The first-order valence-electron chi connectivity index (χ1n) is 12.4. The van der Waals surface area contributed by atoms with Gasteiger partial charge in [-0.2, -0.15) is 0 Å². The molecule has 2 heterocycles. The number of anilines is 3. The van der Waals surface area contributed by atoms with Crippen molar-refractivity contribution in [2.24, 2.45) is 0 Å². The lowest BCUT2D eigenvalue weighted by Gasteiger charge is -2.28. The number of fused-ring (bicyclic) bond motifs is 3. The van der Waals surface area contributed by atoms with Gasteiger partial charge in [0.1, 0.15) is 5.82 Å². The summed E-state index contributed by atoms with van der Waals surface area (Å²) in [5.74, 6) is 0.874. The van der Waals surface area contributed by atoms with Gasteiger partial charge < -0.3 is 0 Å². The molecule has 0 radical (unpaired) electrons. The number of pyridine rings is 2. The van der Waals surface area contributed by atoms with E-state index < -0.39 is 0 Å². The van der Waals surface area contributed by atoms with Crippen LogP contribution < -0.4 is 4.90 Å². The van der Waals surface area contributed by atoms with Crippen LogP contribution in [0.3, 0.4) is 0 Å². The summed E-state index contributed by atoms with van der Waals surface area (Å²) in [5.41, 5.74) is 4.30. The maximum atomic E-state index is 4.82. The normalized spacial score (nSPS) is 11.2. The van der Waals surface area contributed by atoms with E-state index in [1.807, 2.05) is 30.6 Å². The number of hydrogen-bond acceptors (Lipinski definition) is 3. The van der Waals surface area contributed by atoms with Gasteiger partial charge in [0.2, 0.25) is 0 Å². The van der Waals surface area contributed by atoms with Crippen molar-refractivity contribution >= 4 is 49.5 Å². The van der Waals surface area contributed by atoms with Crippen LogP contribution in [0.25, 0.3) is 43.6 Å². The summed E-state index contributed by atoms with van der Waals surface area (Å²) in [7, 11) is 0. The summed E-state index contributed by atoms with van der Waals surface area (Å²) >= 11 is 0. The highest BCUT2D eigenvalue weighted by molar-refractivity contribution is 6.22. The Kier molecular flexibility index (Phi) is 5.11.